The zero-order chi connectivity index (χ0) is 14.2. The largest absolute Gasteiger partial charge is 0.324 e. The molecule has 1 heterocycles. The van der Waals surface area contributed by atoms with Gasteiger partial charge in [0.2, 0.25) is 5.91 Å². The first-order valence-electron chi connectivity index (χ1n) is 8.31. The Balaban J connectivity index is 1.72. The Labute approximate surface area is 127 Å². The first kappa shape index (κ1) is 14.7. The Morgan fingerprint density at radius 2 is 2.05 bits per heavy atom. The van der Waals surface area contributed by atoms with Crippen molar-refractivity contribution in [3.63, 3.8) is 0 Å². The second-order valence-electron chi connectivity index (χ2n) is 6.85. The molecule has 0 spiro atoms. The molecule has 3 fully saturated rings. The summed E-state index contributed by atoms with van der Waals surface area (Å²) in [5.74, 6) is 1.07. The maximum Gasteiger partial charge on any atom is 0.241 e. The molecule has 4 heteroatoms. The number of hydrogen-bond donors (Lipinski definition) is 1. The normalized spacial score (nSPS) is 33.1. The first-order valence-corrected chi connectivity index (χ1v) is 9.53. The van der Waals surface area contributed by atoms with Crippen molar-refractivity contribution in [2.24, 2.45) is 5.92 Å². The molecule has 0 aromatic rings. The monoisotopic (exact) mass is 296 g/mol. The Morgan fingerprint density at radius 3 is 2.60 bits per heavy atom. The van der Waals surface area contributed by atoms with E-state index in [0.717, 1.165) is 19.4 Å². The van der Waals surface area contributed by atoms with E-state index in [1.807, 2.05) is 11.8 Å². The Morgan fingerprint density at radius 1 is 1.35 bits per heavy atom. The fourth-order valence-corrected chi connectivity index (χ4v) is 4.70. The van der Waals surface area contributed by atoms with E-state index in [9.17, 15) is 4.79 Å². The Bertz CT molecular complexity index is 363. The standard InChI is InChI=1S/C16H28N2OS/c1-3-6-13-15(19)18(11-16(20-2)9-10-16)14(17-13)12-7-4-5-8-12/h12-14,17H,3-11H2,1-2H3. The average Bonchev–Trinajstić information content (AvgIpc) is 2.89. The molecule has 3 rings (SSSR count). The molecule has 2 aliphatic carbocycles. The summed E-state index contributed by atoms with van der Waals surface area (Å²) in [7, 11) is 0. The number of nitrogens with zero attached hydrogens (tertiary/aromatic N) is 1. The summed E-state index contributed by atoms with van der Waals surface area (Å²) in [5, 5.41) is 3.68. The third-order valence-corrected chi connectivity index (χ3v) is 6.82. The lowest BCUT2D eigenvalue weighted by molar-refractivity contribution is -0.130. The minimum Gasteiger partial charge on any atom is -0.324 e. The molecule has 3 nitrogen and oxygen atoms in total. The third kappa shape index (κ3) is 2.74. The van der Waals surface area contributed by atoms with Crippen LogP contribution in [0.25, 0.3) is 0 Å². The summed E-state index contributed by atoms with van der Waals surface area (Å²) in [5.41, 5.74) is 0. The van der Waals surface area contributed by atoms with Crippen molar-refractivity contribution in [1.82, 2.24) is 10.2 Å². The Kier molecular flexibility index (Phi) is 4.32. The van der Waals surface area contributed by atoms with Gasteiger partial charge in [0, 0.05) is 11.3 Å². The average molecular weight is 296 g/mol. The van der Waals surface area contributed by atoms with Gasteiger partial charge < -0.3 is 4.90 Å². The van der Waals surface area contributed by atoms with E-state index < -0.39 is 0 Å². The van der Waals surface area contributed by atoms with Gasteiger partial charge in [0.25, 0.3) is 0 Å². The maximum absolute atomic E-state index is 12.7. The second-order valence-corrected chi connectivity index (χ2v) is 8.12. The van der Waals surface area contributed by atoms with E-state index in [2.05, 4.69) is 23.4 Å². The smallest absolute Gasteiger partial charge is 0.241 e. The van der Waals surface area contributed by atoms with E-state index in [1.54, 1.807) is 0 Å². The van der Waals surface area contributed by atoms with Crippen LogP contribution in [-0.2, 0) is 4.79 Å². The van der Waals surface area contributed by atoms with Gasteiger partial charge in [-0.1, -0.05) is 26.2 Å². The Hall–Kier alpha value is -0.220. The highest BCUT2D eigenvalue weighted by molar-refractivity contribution is 8.00. The number of thioether (sulfide) groups is 1. The van der Waals surface area contributed by atoms with Gasteiger partial charge in [0.05, 0.1) is 12.2 Å². The molecule has 0 radical (unpaired) electrons. The van der Waals surface area contributed by atoms with E-state index in [0.29, 0.717) is 22.7 Å². The summed E-state index contributed by atoms with van der Waals surface area (Å²) < 4.78 is 0.384. The fraction of sp³-hybridized carbons (Fsp3) is 0.938. The molecule has 1 aliphatic heterocycles. The van der Waals surface area contributed by atoms with Gasteiger partial charge in [-0.2, -0.15) is 11.8 Å². The predicted octanol–water partition coefficient (Wildman–Crippen LogP) is 3.00. The minimum atomic E-state index is 0.0863. The zero-order valence-corrected chi connectivity index (χ0v) is 13.7. The van der Waals surface area contributed by atoms with E-state index >= 15 is 0 Å². The lowest BCUT2D eigenvalue weighted by Gasteiger charge is -2.31. The van der Waals surface area contributed by atoms with Crippen molar-refractivity contribution in [3.05, 3.63) is 0 Å². The molecular formula is C16H28N2OS. The van der Waals surface area contributed by atoms with Crippen LogP contribution in [0.3, 0.4) is 0 Å². The van der Waals surface area contributed by atoms with Crippen LogP contribution in [-0.4, -0.2) is 40.6 Å². The number of carbonyl (C=O) groups is 1. The molecule has 2 unspecified atom stereocenters. The number of nitrogens with one attached hydrogen (secondary N) is 1. The van der Waals surface area contributed by atoms with Crippen LogP contribution >= 0.6 is 11.8 Å². The number of amides is 1. The van der Waals surface area contributed by atoms with Gasteiger partial charge in [-0.15, -0.1) is 0 Å². The van der Waals surface area contributed by atoms with Crippen molar-refractivity contribution in [2.45, 2.75) is 75.2 Å². The molecule has 1 amide bonds. The minimum absolute atomic E-state index is 0.0863. The predicted molar refractivity (Wildman–Crippen MR) is 84.8 cm³/mol. The molecule has 114 valence electrons. The van der Waals surface area contributed by atoms with E-state index in [1.165, 1.54) is 38.5 Å². The van der Waals surface area contributed by atoms with E-state index in [4.69, 9.17) is 0 Å². The van der Waals surface area contributed by atoms with Gasteiger partial charge in [0.1, 0.15) is 0 Å². The summed E-state index contributed by atoms with van der Waals surface area (Å²) >= 11 is 1.96. The molecular weight excluding hydrogens is 268 g/mol. The number of rotatable bonds is 6. The molecule has 0 aromatic heterocycles. The van der Waals surface area contributed by atoms with Crippen LogP contribution in [0, 0.1) is 5.92 Å². The molecule has 2 atom stereocenters. The topological polar surface area (TPSA) is 32.3 Å². The highest BCUT2D eigenvalue weighted by Gasteiger charge is 2.50. The lowest BCUT2D eigenvalue weighted by atomic mass is 10.0. The first-order chi connectivity index (χ1) is 9.69. The summed E-state index contributed by atoms with van der Waals surface area (Å²) in [6.45, 7) is 3.15. The van der Waals surface area contributed by atoms with Crippen LogP contribution in [0.2, 0.25) is 0 Å². The highest BCUT2D eigenvalue weighted by Crippen LogP contribution is 2.48. The quantitative estimate of drug-likeness (QED) is 0.818. The fourth-order valence-electron chi connectivity index (χ4n) is 3.92. The SMILES string of the molecule is CCCC1NC(C2CCCC2)N(CC2(SC)CC2)C1=O. The van der Waals surface area contributed by atoms with Crippen LogP contribution in [0.5, 0.6) is 0 Å². The van der Waals surface area contributed by atoms with Crippen LogP contribution < -0.4 is 5.32 Å². The molecule has 0 bridgehead atoms. The molecule has 2 saturated carbocycles. The van der Waals surface area contributed by atoms with Gasteiger partial charge >= 0.3 is 0 Å². The van der Waals surface area contributed by atoms with Gasteiger partial charge in [-0.25, -0.2) is 0 Å². The molecule has 1 N–H and O–H groups in total. The lowest BCUT2D eigenvalue weighted by Crippen LogP contribution is -2.45. The van der Waals surface area contributed by atoms with Crippen LogP contribution in [0.15, 0.2) is 0 Å². The molecule has 1 saturated heterocycles. The van der Waals surface area contributed by atoms with Gasteiger partial charge in [0.15, 0.2) is 0 Å². The molecule has 0 aromatic carbocycles. The summed E-state index contributed by atoms with van der Waals surface area (Å²) in [6, 6.07) is 0.0863. The van der Waals surface area contributed by atoms with Crippen molar-refractivity contribution < 1.29 is 4.79 Å². The third-order valence-electron chi connectivity index (χ3n) is 5.41. The van der Waals surface area contributed by atoms with Crippen molar-refractivity contribution in [1.29, 1.82) is 0 Å². The maximum atomic E-state index is 12.7. The second kappa shape index (κ2) is 5.88. The van der Waals surface area contributed by atoms with Crippen LogP contribution in [0.1, 0.15) is 58.3 Å². The summed E-state index contributed by atoms with van der Waals surface area (Å²) in [6.07, 6.45) is 12.5. The number of carbonyl (C=O) groups excluding carboxylic acids is 1. The molecule has 3 aliphatic rings. The van der Waals surface area contributed by atoms with Gasteiger partial charge in [-0.05, 0) is 44.3 Å². The zero-order valence-electron chi connectivity index (χ0n) is 12.9. The summed E-state index contributed by atoms with van der Waals surface area (Å²) in [4.78, 5) is 15.0. The van der Waals surface area contributed by atoms with Crippen molar-refractivity contribution in [3.8, 4) is 0 Å². The van der Waals surface area contributed by atoms with Crippen LogP contribution in [0.4, 0.5) is 0 Å². The van der Waals surface area contributed by atoms with Gasteiger partial charge in [-0.3, -0.25) is 10.1 Å². The molecule has 20 heavy (non-hydrogen) atoms. The van der Waals surface area contributed by atoms with Crippen molar-refractivity contribution in [2.75, 3.05) is 12.8 Å². The van der Waals surface area contributed by atoms with E-state index in [-0.39, 0.29) is 6.04 Å². The van der Waals surface area contributed by atoms with Crippen molar-refractivity contribution >= 4 is 17.7 Å². The number of hydrogen-bond acceptors (Lipinski definition) is 3. The highest BCUT2D eigenvalue weighted by atomic mass is 32.2.